The predicted molar refractivity (Wildman–Crippen MR) is 87.4 cm³/mol. The fourth-order valence-corrected chi connectivity index (χ4v) is 2.94. The molecule has 1 N–H and O–H groups in total. The van der Waals surface area contributed by atoms with Gasteiger partial charge in [0, 0.05) is 13.1 Å². The molecule has 1 aliphatic heterocycles. The maximum Gasteiger partial charge on any atom is 0.240 e. The molecule has 0 aromatic heterocycles. The summed E-state index contributed by atoms with van der Waals surface area (Å²) in [6.07, 6.45) is 5.67. The van der Waals surface area contributed by atoms with E-state index in [0.29, 0.717) is 12.5 Å². The van der Waals surface area contributed by atoms with Gasteiger partial charge in [0.25, 0.3) is 0 Å². The molecule has 1 unspecified atom stereocenters. The fourth-order valence-electron chi connectivity index (χ4n) is 2.94. The Labute approximate surface area is 137 Å². The summed E-state index contributed by atoms with van der Waals surface area (Å²) in [5.74, 6) is 0.650. The van der Waals surface area contributed by atoms with Crippen LogP contribution in [0.15, 0.2) is 24.3 Å². The number of piperidine rings is 1. The summed E-state index contributed by atoms with van der Waals surface area (Å²) in [6.45, 7) is 2.37. The molecule has 3 nitrogen and oxygen atoms in total. The molecule has 5 heteroatoms. The predicted octanol–water partition coefficient (Wildman–Crippen LogP) is 3.13. The van der Waals surface area contributed by atoms with E-state index in [1.165, 1.54) is 25.0 Å². The van der Waals surface area contributed by atoms with Gasteiger partial charge in [-0.05, 0) is 55.8 Å². The van der Waals surface area contributed by atoms with Crippen molar-refractivity contribution in [2.75, 3.05) is 13.1 Å². The smallest absolute Gasteiger partial charge is 0.240 e. The van der Waals surface area contributed by atoms with Crippen LogP contribution in [0.4, 0.5) is 4.39 Å². The van der Waals surface area contributed by atoms with E-state index in [2.05, 4.69) is 5.32 Å². The molecule has 22 heavy (non-hydrogen) atoms. The van der Waals surface area contributed by atoms with Gasteiger partial charge in [-0.25, -0.2) is 4.39 Å². The third-order valence-electron chi connectivity index (χ3n) is 4.38. The highest BCUT2D eigenvalue weighted by molar-refractivity contribution is 5.85. The van der Waals surface area contributed by atoms with E-state index in [1.54, 1.807) is 12.1 Å². The molecule has 1 aliphatic carbocycles. The highest BCUT2D eigenvalue weighted by Crippen LogP contribution is 2.30. The lowest BCUT2D eigenvalue weighted by atomic mass is 10.0. The summed E-state index contributed by atoms with van der Waals surface area (Å²) in [5.41, 5.74) is 1.00. The number of rotatable bonds is 5. The summed E-state index contributed by atoms with van der Waals surface area (Å²) < 4.78 is 13.0. The highest BCUT2D eigenvalue weighted by atomic mass is 35.5. The number of hydrogen-bond donors (Lipinski definition) is 1. The molecule has 0 spiro atoms. The van der Waals surface area contributed by atoms with Gasteiger partial charge in [0.05, 0.1) is 6.04 Å². The first-order valence-electron chi connectivity index (χ1n) is 7.99. The standard InChI is InChI=1S/C17H23FN2O.ClH/c18-15-8-6-14(7-9-15)12-20(11-13-4-5-13)17(21)16-3-1-2-10-19-16;/h6-9,13,16,19H,1-5,10-12H2;1H. The number of amides is 1. The van der Waals surface area contributed by atoms with Crippen molar-refractivity contribution in [3.05, 3.63) is 35.6 Å². The van der Waals surface area contributed by atoms with Gasteiger partial charge in [0.1, 0.15) is 5.82 Å². The van der Waals surface area contributed by atoms with E-state index in [-0.39, 0.29) is 30.2 Å². The van der Waals surface area contributed by atoms with E-state index in [9.17, 15) is 9.18 Å². The maximum absolute atomic E-state index is 13.0. The topological polar surface area (TPSA) is 32.3 Å². The number of nitrogens with zero attached hydrogens (tertiary/aromatic N) is 1. The largest absolute Gasteiger partial charge is 0.337 e. The molecule has 1 saturated carbocycles. The molecule has 1 heterocycles. The zero-order valence-corrected chi connectivity index (χ0v) is 13.6. The SMILES string of the molecule is Cl.O=C(C1CCCCN1)N(Cc1ccc(F)cc1)CC1CC1. The average molecular weight is 327 g/mol. The van der Waals surface area contributed by atoms with Crippen molar-refractivity contribution in [1.82, 2.24) is 10.2 Å². The number of carbonyl (C=O) groups is 1. The minimum Gasteiger partial charge on any atom is -0.337 e. The Balaban J connectivity index is 0.00000176. The lowest BCUT2D eigenvalue weighted by Crippen LogP contribution is -2.48. The van der Waals surface area contributed by atoms with E-state index in [4.69, 9.17) is 0 Å². The first-order chi connectivity index (χ1) is 10.2. The van der Waals surface area contributed by atoms with Crippen molar-refractivity contribution < 1.29 is 9.18 Å². The zero-order valence-electron chi connectivity index (χ0n) is 12.8. The maximum atomic E-state index is 13.0. The van der Waals surface area contributed by atoms with Crippen LogP contribution in [0.1, 0.15) is 37.7 Å². The second-order valence-electron chi connectivity index (χ2n) is 6.29. The van der Waals surface area contributed by atoms with Crippen molar-refractivity contribution in [2.45, 2.75) is 44.7 Å². The Morgan fingerprint density at radius 1 is 1.18 bits per heavy atom. The Kier molecular flexibility index (Phi) is 6.21. The highest BCUT2D eigenvalue weighted by Gasteiger charge is 2.30. The second kappa shape index (κ2) is 7.93. The van der Waals surface area contributed by atoms with Crippen molar-refractivity contribution in [1.29, 1.82) is 0 Å². The molecule has 1 amide bonds. The molecule has 2 aliphatic rings. The van der Waals surface area contributed by atoms with Gasteiger partial charge in [-0.3, -0.25) is 4.79 Å². The molecule has 122 valence electrons. The van der Waals surface area contributed by atoms with Gasteiger partial charge in [-0.2, -0.15) is 0 Å². The van der Waals surface area contributed by atoms with Crippen molar-refractivity contribution in [3.8, 4) is 0 Å². The number of carbonyl (C=O) groups excluding carboxylic acids is 1. The molecule has 0 bridgehead atoms. The summed E-state index contributed by atoms with van der Waals surface area (Å²) in [4.78, 5) is 14.7. The number of halogens is 2. The van der Waals surface area contributed by atoms with Crippen LogP contribution >= 0.6 is 12.4 Å². The molecule has 1 aromatic rings. The summed E-state index contributed by atoms with van der Waals surface area (Å²) >= 11 is 0. The van der Waals surface area contributed by atoms with E-state index < -0.39 is 0 Å². The molecule has 1 aromatic carbocycles. The van der Waals surface area contributed by atoms with Crippen LogP contribution in [-0.2, 0) is 11.3 Å². The van der Waals surface area contributed by atoms with E-state index in [0.717, 1.165) is 37.9 Å². The van der Waals surface area contributed by atoms with Gasteiger partial charge >= 0.3 is 0 Å². The molecular formula is C17H24ClFN2O. The second-order valence-corrected chi connectivity index (χ2v) is 6.29. The minimum atomic E-state index is -0.229. The van der Waals surface area contributed by atoms with Gasteiger partial charge < -0.3 is 10.2 Å². The van der Waals surface area contributed by atoms with Crippen LogP contribution in [0.3, 0.4) is 0 Å². The molecule has 3 rings (SSSR count). The Morgan fingerprint density at radius 2 is 1.91 bits per heavy atom. The summed E-state index contributed by atoms with van der Waals surface area (Å²) in [5, 5.41) is 3.34. The zero-order chi connectivity index (χ0) is 14.7. The normalized spacial score (nSPS) is 21.0. The molecule has 0 radical (unpaired) electrons. The van der Waals surface area contributed by atoms with Crippen molar-refractivity contribution in [2.24, 2.45) is 5.92 Å². The quantitative estimate of drug-likeness (QED) is 0.901. The van der Waals surface area contributed by atoms with Crippen LogP contribution in [0.2, 0.25) is 0 Å². The first-order valence-corrected chi connectivity index (χ1v) is 7.99. The monoisotopic (exact) mass is 326 g/mol. The van der Waals surface area contributed by atoms with Crippen LogP contribution < -0.4 is 5.32 Å². The van der Waals surface area contributed by atoms with E-state index in [1.807, 2.05) is 4.90 Å². The Hall–Kier alpha value is -1.13. The summed E-state index contributed by atoms with van der Waals surface area (Å²) in [7, 11) is 0. The Morgan fingerprint density at radius 3 is 2.50 bits per heavy atom. The molecule has 2 fully saturated rings. The Bertz CT molecular complexity index is 484. The summed E-state index contributed by atoms with van der Waals surface area (Å²) in [6, 6.07) is 6.45. The van der Waals surface area contributed by atoms with E-state index >= 15 is 0 Å². The lowest BCUT2D eigenvalue weighted by Gasteiger charge is -2.30. The fraction of sp³-hybridized carbons (Fsp3) is 0.588. The van der Waals surface area contributed by atoms with Crippen LogP contribution in [0.25, 0.3) is 0 Å². The molecule has 1 saturated heterocycles. The van der Waals surface area contributed by atoms with Crippen LogP contribution in [-0.4, -0.2) is 29.9 Å². The van der Waals surface area contributed by atoms with Crippen LogP contribution in [0, 0.1) is 11.7 Å². The molecular weight excluding hydrogens is 303 g/mol. The number of benzene rings is 1. The van der Waals surface area contributed by atoms with Crippen LogP contribution in [0.5, 0.6) is 0 Å². The van der Waals surface area contributed by atoms with Gasteiger partial charge in [0.2, 0.25) is 5.91 Å². The lowest BCUT2D eigenvalue weighted by molar-refractivity contribution is -0.135. The van der Waals surface area contributed by atoms with Gasteiger partial charge in [-0.1, -0.05) is 18.6 Å². The minimum absolute atomic E-state index is 0. The van der Waals surface area contributed by atoms with Crippen molar-refractivity contribution in [3.63, 3.8) is 0 Å². The number of nitrogens with one attached hydrogen (secondary N) is 1. The molecule has 1 atom stereocenters. The van der Waals surface area contributed by atoms with Gasteiger partial charge in [-0.15, -0.1) is 12.4 Å². The van der Waals surface area contributed by atoms with Crippen molar-refractivity contribution >= 4 is 18.3 Å². The van der Waals surface area contributed by atoms with Gasteiger partial charge in [0.15, 0.2) is 0 Å². The number of hydrogen-bond acceptors (Lipinski definition) is 2. The first kappa shape index (κ1) is 17.2. The third-order valence-corrected chi connectivity index (χ3v) is 4.38. The third kappa shape index (κ3) is 4.68. The average Bonchev–Trinajstić information content (AvgIpc) is 3.33.